The van der Waals surface area contributed by atoms with Gasteiger partial charge in [0.1, 0.15) is 10.7 Å². The van der Waals surface area contributed by atoms with Gasteiger partial charge < -0.3 is 19.4 Å². The molecule has 1 aliphatic heterocycles. The molecule has 21 heavy (non-hydrogen) atoms. The summed E-state index contributed by atoms with van der Waals surface area (Å²) in [4.78, 5) is 29.0. The Balaban J connectivity index is 2.12. The van der Waals surface area contributed by atoms with Crippen molar-refractivity contribution in [1.29, 1.82) is 0 Å². The van der Waals surface area contributed by atoms with Crippen LogP contribution in [0.1, 0.15) is 18.9 Å². The predicted molar refractivity (Wildman–Crippen MR) is 77.8 cm³/mol. The molecule has 0 fully saturated rings. The van der Waals surface area contributed by atoms with Gasteiger partial charge in [-0.25, -0.2) is 0 Å². The van der Waals surface area contributed by atoms with Crippen molar-refractivity contribution in [3.05, 3.63) is 55.2 Å². The summed E-state index contributed by atoms with van der Waals surface area (Å²) in [5.41, 5.74) is 0.0861. The van der Waals surface area contributed by atoms with E-state index in [0.29, 0.717) is 17.9 Å². The average Bonchev–Trinajstić information content (AvgIpc) is 2.92. The lowest BCUT2D eigenvalue weighted by Gasteiger charge is -1.97. The van der Waals surface area contributed by atoms with Gasteiger partial charge in [-0.2, -0.15) is 0 Å². The average molecular weight is 286 g/mol. The summed E-state index contributed by atoms with van der Waals surface area (Å²) in [6, 6.07) is 5.31. The molecule has 2 N–H and O–H groups in total. The molecular weight excluding hydrogens is 272 g/mol. The normalized spacial score (nSPS) is 14.7. The summed E-state index contributed by atoms with van der Waals surface area (Å²) in [6.07, 6.45) is 3.94. The van der Waals surface area contributed by atoms with Gasteiger partial charge in [-0.1, -0.05) is 19.1 Å². The minimum atomic E-state index is -0.341. The van der Waals surface area contributed by atoms with E-state index in [1.165, 1.54) is 0 Å². The Morgan fingerprint density at radius 1 is 1.10 bits per heavy atom. The van der Waals surface area contributed by atoms with E-state index in [0.717, 1.165) is 5.56 Å². The molecule has 1 aromatic heterocycles. The predicted octanol–water partition coefficient (Wildman–Crippen LogP) is -0.189. The Labute approximate surface area is 119 Å². The quantitative estimate of drug-likeness (QED) is 0.801. The SMILES string of the molecule is CCC=c1[nH]c(=O)c(=Cc2ccc3c(c2)OCO3)[nH]c1=O. The first-order valence-electron chi connectivity index (χ1n) is 6.61. The van der Waals surface area contributed by atoms with Crippen LogP contribution in [0.5, 0.6) is 11.5 Å². The molecule has 0 radical (unpaired) electrons. The van der Waals surface area contributed by atoms with Gasteiger partial charge in [0.15, 0.2) is 11.5 Å². The molecule has 0 bridgehead atoms. The molecule has 0 amide bonds. The van der Waals surface area contributed by atoms with E-state index in [1.54, 1.807) is 30.4 Å². The smallest absolute Gasteiger partial charge is 0.272 e. The fraction of sp³-hybridized carbons (Fsp3) is 0.200. The van der Waals surface area contributed by atoms with Gasteiger partial charge in [-0.05, 0) is 30.2 Å². The number of aromatic amines is 2. The van der Waals surface area contributed by atoms with E-state index >= 15 is 0 Å². The highest BCUT2D eigenvalue weighted by Crippen LogP contribution is 2.32. The van der Waals surface area contributed by atoms with Crippen molar-refractivity contribution in [2.45, 2.75) is 13.3 Å². The zero-order valence-corrected chi connectivity index (χ0v) is 11.4. The molecule has 6 nitrogen and oxygen atoms in total. The van der Waals surface area contributed by atoms with Gasteiger partial charge in [-0.3, -0.25) is 9.59 Å². The highest BCUT2D eigenvalue weighted by Gasteiger charge is 2.12. The minimum absolute atomic E-state index is 0.192. The molecule has 0 saturated heterocycles. The third-order valence-corrected chi connectivity index (χ3v) is 3.10. The first-order chi connectivity index (χ1) is 10.2. The summed E-state index contributed by atoms with van der Waals surface area (Å²) in [5, 5.41) is 0.484. The molecule has 6 heteroatoms. The summed E-state index contributed by atoms with van der Waals surface area (Å²) < 4.78 is 10.5. The van der Waals surface area contributed by atoms with Crippen LogP contribution >= 0.6 is 0 Å². The second-order valence-corrected chi connectivity index (χ2v) is 4.61. The number of rotatable bonds is 2. The molecule has 0 atom stereocenters. The van der Waals surface area contributed by atoms with E-state index in [1.807, 2.05) is 6.92 Å². The minimum Gasteiger partial charge on any atom is -0.454 e. The fourth-order valence-electron chi connectivity index (χ4n) is 2.11. The summed E-state index contributed by atoms with van der Waals surface area (Å²) in [6.45, 7) is 2.09. The van der Waals surface area contributed by atoms with Gasteiger partial charge in [-0.15, -0.1) is 0 Å². The van der Waals surface area contributed by atoms with Gasteiger partial charge in [0, 0.05) is 0 Å². The van der Waals surface area contributed by atoms with Crippen LogP contribution in [-0.2, 0) is 0 Å². The lowest BCUT2D eigenvalue weighted by molar-refractivity contribution is 0.174. The Morgan fingerprint density at radius 2 is 1.81 bits per heavy atom. The number of aromatic nitrogens is 2. The summed E-state index contributed by atoms with van der Waals surface area (Å²) >= 11 is 0. The highest BCUT2D eigenvalue weighted by atomic mass is 16.7. The molecule has 1 aliphatic rings. The Bertz CT molecular complexity index is 908. The first kappa shape index (κ1) is 13.2. The molecule has 0 spiro atoms. The molecule has 0 unspecified atom stereocenters. The standard InChI is InChI=1S/C15H14N2O4/c1-2-3-10-14(18)17-11(15(19)16-10)6-9-4-5-12-13(7-9)21-8-20-12/h3-7H,2,8H2,1H3,(H,16,19)(H,17,18). The molecular formula is C15H14N2O4. The second kappa shape index (κ2) is 5.32. The zero-order chi connectivity index (χ0) is 14.8. The monoisotopic (exact) mass is 286 g/mol. The van der Waals surface area contributed by atoms with Gasteiger partial charge in [0.05, 0.1) is 0 Å². The maximum Gasteiger partial charge on any atom is 0.272 e. The van der Waals surface area contributed by atoms with Crippen LogP contribution in [0.4, 0.5) is 0 Å². The van der Waals surface area contributed by atoms with Crippen molar-refractivity contribution >= 4 is 12.2 Å². The maximum absolute atomic E-state index is 12.0. The van der Waals surface area contributed by atoms with E-state index < -0.39 is 0 Å². The third kappa shape index (κ3) is 2.60. The van der Waals surface area contributed by atoms with E-state index in [-0.39, 0.29) is 28.6 Å². The van der Waals surface area contributed by atoms with E-state index in [2.05, 4.69) is 9.97 Å². The molecule has 3 rings (SSSR count). The lowest BCUT2D eigenvalue weighted by atomic mass is 10.2. The first-order valence-corrected chi connectivity index (χ1v) is 6.61. The van der Waals surface area contributed by atoms with E-state index in [4.69, 9.17) is 9.47 Å². The number of ether oxygens (including phenoxy) is 2. The van der Waals surface area contributed by atoms with Crippen molar-refractivity contribution in [2.75, 3.05) is 6.79 Å². The summed E-state index contributed by atoms with van der Waals surface area (Å²) in [7, 11) is 0. The number of hydrogen-bond donors (Lipinski definition) is 2. The van der Waals surface area contributed by atoms with Crippen molar-refractivity contribution < 1.29 is 9.47 Å². The lowest BCUT2D eigenvalue weighted by Crippen LogP contribution is -2.46. The van der Waals surface area contributed by atoms with Crippen LogP contribution in [0.25, 0.3) is 12.2 Å². The van der Waals surface area contributed by atoms with Gasteiger partial charge in [0.2, 0.25) is 6.79 Å². The molecule has 0 saturated carbocycles. The number of benzene rings is 1. The molecule has 2 heterocycles. The zero-order valence-electron chi connectivity index (χ0n) is 11.4. The van der Waals surface area contributed by atoms with Crippen LogP contribution in [0.2, 0.25) is 0 Å². The van der Waals surface area contributed by atoms with Crippen LogP contribution in [-0.4, -0.2) is 16.8 Å². The number of hydrogen-bond acceptors (Lipinski definition) is 4. The van der Waals surface area contributed by atoms with Gasteiger partial charge in [0.25, 0.3) is 11.1 Å². The molecule has 108 valence electrons. The van der Waals surface area contributed by atoms with E-state index in [9.17, 15) is 9.59 Å². The van der Waals surface area contributed by atoms with Crippen LogP contribution in [0.3, 0.4) is 0 Å². The third-order valence-electron chi connectivity index (χ3n) is 3.10. The van der Waals surface area contributed by atoms with Gasteiger partial charge >= 0.3 is 0 Å². The number of nitrogens with one attached hydrogen (secondary N) is 2. The van der Waals surface area contributed by atoms with Crippen LogP contribution < -0.4 is 31.3 Å². The fourth-order valence-corrected chi connectivity index (χ4v) is 2.11. The molecule has 1 aromatic carbocycles. The number of fused-ring (bicyclic) bond motifs is 1. The number of H-pyrrole nitrogens is 2. The topological polar surface area (TPSA) is 84.2 Å². The maximum atomic E-state index is 12.0. The van der Waals surface area contributed by atoms with Crippen molar-refractivity contribution in [3.8, 4) is 11.5 Å². The van der Waals surface area contributed by atoms with Crippen molar-refractivity contribution in [2.24, 2.45) is 0 Å². The van der Waals surface area contributed by atoms with Crippen molar-refractivity contribution in [3.63, 3.8) is 0 Å². The Morgan fingerprint density at radius 3 is 2.62 bits per heavy atom. The largest absolute Gasteiger partial charge is 0.454 e. The molecule has 0 aliphatic carbocycles. The van der Waals surface area contributed by atoms with Crippen LogP contribution in [0.15, 0.2) is 27.8 Å². The Hall–Kier alpha value is -2.76. The van der Waals surface area contributed by atoms with Crippen molar-refractivity contribution in [1.82, 2.24) is 9.97 Å². The highest BCUT2D eigenvalue weighted by molar-refractivity contribution is 5.55. The Kier molecular flexibility index (Phi) is 3.35. The van der Waals surface area contributed by atoms with Crippen LogP contribution in [0, 0.1) is 0 Å². The summed E-state index contributed by atoms with van der Waals surface area (Å²) in [5.74, 6) is 1.29. The molecule has 2 aromatic rings. The second-order valence-electron chi connectivity index (χ2n) is 4.61.